The molecule has 1 atom stereocenters. The van der Waals surface area contributed by atoms with Crippen LogP contribution in [0.25, 0.3) is 0 Å². The molecule has 2 aromatic carbocycles. The molecule has 3 rings (SSSR count). The first-order chi connectivity index (χ1) is 12.6. The maximum absolute atomic E-state index is 13.8. The fourth-order valence-electron chi connectivity index (χ4n) is 2.81. The van der Waals surface area contributed by atoms with Crippen LogP contribution in [0.5, 0.6) is 11.5 Å². The normalized spacial score (nSPS) is 16.3. The van der Waals surface area contributed by atoms with Crippen LogP contribution in [-0.2, 0) is 4.74 Å². The van der Waals surface area contributed by atoms with Gasteiger partial charge in [-0.05, 0) is 55.7 Å². The Morgan fingerprint density at radius 1 is 1.27 bits per heavy atom. The van der Waals surface area contributed by atoms with Gasteiger partial charge in [-0.2, -0.15) is 0 Å². The molecule has 1 saturated heterocycles. The number of nitrogens with one attached hydrogen (secondary N) is 1. The van der Waals surface area contributed by atoms with E-state index in [0.717, 1.165) is 31.1 Å². The second kappa shape index (κ2) is 8.19. The van der Waals surface area contributed by atoms with Gasteiger partial charge < -0.3 is 19.5 Å². The van der Waals surface area contributed by atoms with E-state index in [2.05, 4.69) is 5.32 Å². The minimum Gasteiger partial charge on any atom is -0.494 e. The first-order valence-electron chi connectivity index (χ1n) is 8.57. The third-order valence-electron chi connectivity index (χ3n) is 4.25. The van der Waals surface area contributed by atoms with Crippen LogP contribution >= 0.6 is 0 Å². The van der Waals surface area contributed by atoms with Gasteiger partial charge in [-0.15, -0.1) is 0 Å². The lowest BCUT2D eigenvalue weighted by atomic mass is 10.1. The Kier molecular flexibility index (Phi) is 5.73. The Bertz CT molecular complexity index is 787. The molecular formula is C20H22FNO4. The molecule has 2 aromatic rings. The molecule has 5 nitrogen and oxygen atoms in total. The third kappa shape index (κ3) is 4.32. The Balaban J connectivity index is 1.73. The van der Waals surface area contributed by atoms with Crippen LogP contribution in [0.3, 0.4) is 0 Å². The lowest BCUT2D eigenvalue weighted by molar-refractivity contribution is 0.0681. The molecule has 138 valence electrons. The summed E-state index contributed by atoms with van der Waals surface area (Å²) in [5.41, 5.74) is 1.75. The highest BCUT2D eigenvalue weighted by atomic mass is 19.1. The van der Waals surface area contributed by atoms with E-state index in [1.807, 2.05) is 19.1 Å². The first-order valence-corrected chi connectivity index (χ1v) is 8.57. The summed E-state index contributed by atoms with van der Waals surface area (Å²) in [6.07, 6.45) is 2.09. The van der Waals surface area contributed by atoms with Crippen molar-refractivity contribution in [3.8, 4) is 11.5 Å². The largest absolute Gasteiger partial charge is 0.494 e. The van der Waals surface area contributed by atoms with Crippen LogP contribution in [0.15, 0.2) is 36.4 Å². The molecule has 0 radical (unpaired) electrons. The van der Waals surface area contributed by atoms with E-state index in [1.165, 1.54) is 19.2 Å². The van der Waals surface area contributed by atoms with Gasteiger partial charge in [0, 0.05) is 12.2 Å². The van der Waals surface area contributed by atoms with Crippen molar-refractivity contribution < 1.29 is 23.4 Å². The smallest absolute Gasteiger partial charge is 0.255 e. The number of carbonyl (C=O) groups is 1. The maximum Gasteiger partial charge on any atom is 0.255 e. The minimum atomic E-state index is -0.584. The summed E-state index contributed by atoms with van der Waals surface area (Å²) >= 11 is 0. The Morgan fingerprint density at radius 3 is 2.81 bits per heavy atom. The average molecular weight is 359 g/mol. The van der Waals surface area contributed by atoms with Crippen molar-refractivity contribution in [2.75, 3.05) is 25.6 Å². The summed E-state index contributed by atoms with van der Waals surface area (Å²) in [5.74, 6) is -0.336. The lowest BCUT2D eigenvalue weighted by Gasteiger charge is -2.16. The Hall–Kier alpha value is -2.60. The van der Waals surface area contributed by atoms with Crippen molar-refractivity contribution in [3.63, 3.8) is 0 Å². The van der Waals surface area contributed by atoms with E-state index < -0.39 is 11.7 Å². The molecule has 26 heavy (non-hydrogen) atoms. The van der Waals surface area contributed by atoms with E-state index in [1.54, 1.807) is 6.07 Å². The van der Waals surface area contributed by atoms with Gasteiger partial charge in [0.1, 0.15) is 12.4 Å². The molecule has 0 aliphatic carbocycles. The fourth-order valence-corrected chi connectivity index (χ4v) is 2.81. The molecule has 1 aliphatic rings. The van der Waals surface area contributed by atoms with Crippen LogP contribution in [0.4, 0.5) is 10.1 Å². The summed E-state index contributed by atoms with van der Waals surface area (Å²) in [6, 6.07) is 9.60. The molecule has 0 spiro atoms. The van der Waals surface area contributed by atoms with Crippen LogP contribution in [0.1, 0.15) is 28.8 Å². The number of anilines is 1. The van der Waals surface area contributed by atoms with Crippen molar-refractivity contribution in [2.24, 2.45) is 0 Å². The molecule has 1 aliphatic heterocycles. The second-order valence-electron chi connectivity index (χ2n) is 6.25. The van der Waals surface area contributed by atoms with Gasteiger partial charge >= 0.3 is 0 Å². The number of carbonyl (C=O) groups excluding carboxylic acids is 1. The number of rotatable bonds is 6. The van der Waals surface area contributed by atoms with Gasteiger partial charge in [0.25, 0.3) is 5.91 Å². The SMILES string of the molecule is COc1ccc(C(=O)Nc2ccc(C)cc2OCC2CCCO2)cc1F. The standard InChI is InChI=1S/C20H22FNO4/c1-13-5-7-17(19(10-13)26-12-15-4-3-9-25-15)22-20(23)14-6-8-18(24-2)16(21)11-14/h5-8,10-11,15H,3-4,9,12H2,1-2H3,(H,22,23). The minimum absolute atomic E-state index is 0.0785. The van der Waals surface area contributed by atoms with Gasteiger partial charge in [-0.25, -0.2) is 4.39 Å². The number of benzene rings is 2. The van der Waals surface area contributed by atoms with Crippen molar-refractivity contribution in [3.05, 3.63) is 53.3 Å². The summed E-state index contributed by atoms with van der Waals surface area (Å²) in [7, 11) is 1.38. The highest BCUT2D eigenvalue weighted by Crippen LogP contribution is 2.28. The van der Waals surface area contributed by atoms with Crippen LogP contribution in [0, 0.1) is 12.7 Å². The molecule has 1 amide bonds. The second-order valence-corrected chi connectivity index (χ2v) is 6.25. The van der Waals surface area contributed by atoms with Crippen molar-refractivity contribution >= 4 is 11.6 Å². The predicted octanol–water partition coefficient (Wildman–Crippen LogP) is 3.95. The number of methoxy groups -OCH3 is 1. The zero-order valence-corrected chi connectivity index (χ0v) is 14.9. The molecule has 0 saturated carbocycles. The van der Waals surface area contributed by atoms with Gasteiger partial charge in [0.15, 0.2) is 11.6 Å². The Morgan fingerprint density at radius 2 is 2.12 bits per heavy atom. The maximum atomic E-state index is 13.8. The molecule has 1 fully saturated rings. The van der Waals surface area contributed by atoms with Gasteiger partial charge in [0.2, 0.25) is 0 Å². The molecule has 6 heteroatoms. The van der Waals surface area contributed by atoms with Crippen molar-refractivity contribution in [2.45, 2.75) is 25.9 Å². The number of hydrogen-bond acceptors (Lipinski definition) is 4. The number of amides is 1. The average Bonchev–Trinajstić information content (AvgIpc) is 3.15. The van der Waals surface area contributed by atoms with Crippen LogP contribution in [-0.4, -0.2) is 32.3 Å². The fraction of sp³-hybridized carbons (Fsp3) is 0.350. The number of ether oxygens (including phenoxy) is 3. The Labute approximate surface area is 152 Å². The zero-order valence-electron chi connectivity index (χ0n) is 14.9. The van der Waals surface area contributed by atoms with Gasteiger partial charge in [-0.1, -0.05) is 6.07 Å². The first kappa shape index (κ1) is 18.2. The van der Waals surface area contributed by atoms with E-state index in [0.29, 0.717) is 18.0 Å². The molecule has 1 heterocycles. The number of halogens is 1. The molecule has 1 N–H and O–H groups in total. The van der Waals surface area contributed by atoms with Crippen molar-refractivity contribution in [1.29, 1.82) is 0 Å². The number of aryl methyl sites for hydroxylation is 1. The molecular weight excluding hydrogens is 337 g/mol. The lowest BCUT2D eigenvalue weighted by Crippen LogP contribution is -2.18. The van der Waals surface area contributed by atoms with Gasteiger partial charge in [0.05, 0.1) is 18.9 Å². The molecule has 0 aromatic heterocycles. The van der Waals surface area contributed by atoms with E-state index in [4.69, 9.17) is 14.2 Å². The summed E-state index contributed by atoms with van der Waals surface area (Å²) < 4.78 is 30.1. The van der Waals surface area contributed by atoms with Crippen LogP contribution < -0.4 is 14.8 Å². The van der Waals surface area contributed by atoms with Crippen molar-refractivity contribution in [1.82, 2.24) is 0 Å². The quantitative estimate of drug-likeness (QED) is 0.848. The summed E-state index contributed by atoms with van der Waals surface area (Å²) in [4.78, 5) is 12.5. The van der Waals surface area contributed by atoms with E-state index in [9.17, 15) is 9.18 Å². The number of hydrogen-bond donors (Lipinski definition) is 1. The highest BCUT2D eigenvalue weighted by molar-refractivity contribution is 6.05. The summed E-state index contributed by atoms with van der Waals surface area (Å²) in [6.45, 7) is 3.14. The molecule has 0 bridgehead atoms. The molecule has 1 unspecified atom stereocenters. The zero-order chi connectivity index (χ0) is 18.5. The monoisotopic (exact) mass is 359 g/mol. The van der Waals surface area contributed by atoms with E-state index >= 15 is 0 Å². The van der Waals surface area contributed by atoms with Crippen LogP contribution in [0.2, 0.25) is 0 Å². The predicted molar refractivity (Wildman–Crippen MR) is 96.6 cm³/mol. The highest BCUT2D eigenvalue weighted by Gasteiger charge is 2.18. The topological polar surface area (TPSA) is 56.8 Å². The summed E-state index contributed by atoms with van der Waals surface area (Å²) in [5, 5.41) is 2.78. The third-order valence-corrected chi connectivity index (χ3v) is 4.25. The van der Waals surface area contributed by atoms with Gasteiger partial charge in [-0.3, -0.25) is 4.79 Å². The van der Waals surface area contributed by atoms with E-state index in [-0.39, 0.29) is 17.4 Å².